The van der Waals surface area contributed by atoms with E-state index in [1.165, 1.54) is 5.56 Å². The van der Waals surface area contributed by atoms with Gasteiger partial charge in [0.2, 0.25) is 5.91 Å². The maximum Gasteiger partial charge on any atom is 0.225 e. The van der Waals surface area contributed by atoms with Crippen molar-refractivity contribution in [3.05, 3.63) is 29.8 Å². The number of ether oxygens (including phenoxy) is 1. The third-order valence-electron chi connectivity index (χ3n) is 4.75. The molecule has 0 N–H and O–H groups in total. The van der Waals surface area contributed by atoms with Crippen molar-refractivity contribution >= 4 is 5.91 Å². The minimum Gasteiger partial charge on any atom is -0.497 e. The number of likely N-dealkylation sites (N-methyl/N-ethyl adjacent to an activating group) is 1. The fraction of sp³-hybridized carbons (Fsp3) is 0.588. The summed E-state index contributed by atoms with van der Waals surface area (Å²) in [5, 5.41) is 0. The number of nitrogens with zero attached hydrogens (tertiary/aromatic N) is 1. The minimum absolute atomic E-state index is 0.0453. The quantitative estimate of drug-likeness (QED) is 0.847. The fourth-order valence-corrected chi connectivity index (χ4v) is 3.28. The van der Waals surface area contributed by atoms with Crippen molar-refractivity contribution in [1.82, 2.24) is 4.90 Å². The Labute approximate surface area is 121 Å². The lowest BCUT2D eigenvalue weighted by atomic mass is 9.74. The van der Waals surface area contributed by atoms with E-state index in [2.05, 4.69) is 19.1 Å². The molecule has 110 valence electrons. The second-order valence-corrected chi connectivity index (χ2v) is 6.00. The highest BCUT2D eigenvalue weighted by Gasteiger charge is 2.37. The second kappa shape index (κ2) is 5.86. The van der Waals surface area contributed by atoms with E-state index in [1.54, 1.807) is 7.11 Å². The molecule has 0 radical (unpaired) electrons. The molecule has 0 aliphatic carbocycles. The summed E-state index contributed by atoms with van der Waals surface area (Å²) in [6.45, 7) is 5.05. The molecular formula is C17H25NO2. The predicted molar refractivity (Wildman–Crippen MR) is 81.0 cm³/mol. The van der Waals surface area contributed by atoms with Gasteiger partial charge in [0.15, 0.2) is 0 Å². The van der Waals surface area contributed by atoms with Crippen LogP contribution in [0.25, 0.3) is 0 Å². The lowest BCUT2D eigenvalue weighted by Gasteiger charge is -2.35. The number of likely N-dealkylation sites (tertiary alicyclic amines) is 1. The third-order valence-corrected chi connectivity index (χ3v) is 4.75. The molecular weight excluding hydrogens is 250 g/mol. The van der Waals surface area contributed by atoms with Gasteiger partial charge in [0.25, 0.3) is 0 Å². The van der Waals surface area contributed by atoms with E-state index in [4.69, 9.17) is 4.74 Å². The van der Waals surface area contributed by atoms with Crippen molar-refractivity contribution in [2.24, 2.45) is 5.92 Å². The summed E-state index contributed by atoms with van der Waals surface area (Å²) in [6, 6.07) is 8.31. The molecule has 3 nitrogen and oxygen atoms in total. The molecule has 1 saturated heterocycles. The standard InChI is InChI=1S/C17H25NO2/c1-5-17(14-7-6-8-15(11-14)20-4)10-9-13(2)16(19)18(3)12-17/h6-8,11,13H,5,9-10,12H2,1-4H3. The van der Waals surface area contributed by atoms with Crippen LogP contribution in [0.3, 0.4) is 0 Å². The summed E-state index contributed by atoms with van der Waals surface area (Å²) in [5.74, 6) is 1.28. The Morgan fingerprint density at radius 2 is 2.20 bits per heavy atom. The Kier molecular flexibility index (Phi) is 4.36. The average Bonchev–Trinajstić information content (AvgIpc) is 2.60. The van der Waals surface area contributed by atoms with Crippen LogP contribution in [-0.2, 0) is 10.2 Å². The van der Waals surface area contributed by atoms with Crippen molar-refractivity contribution in [2.45, 2.75) is 38.5 Å². The van der Waals surface area contributed by atoms with E-state index in [1.807, 2.05) is 31.0 Å². The summed E-state index contributed by atoms with van der Waals surface area (Å²) in [5.41, 5.74) is 1.33. The Bertz CT molecular complexity index is 486. The third kappa shape index (κ3) is 2.67. The van der Waals surface area contributed by atoms with Crippen molar-refractivity contribution in [3.8, 4) is 5.75 Å². The van der Waals surface area contributed by atoms with Crippen LogP contribution >= 0.6 is 0 Å². The monoisotopic (exact) mass is 275 g/mol. The molecule has 0 bridgehead atoms. The van der Waals surface area contributed by atoms with Crippen LogP contribution in [0.4, 0.5) is 0 Å². The highest BCUT2D eigenvalue weighted by Crippen LogP contribution is 2.38. The summed E-state index contributed by atoms with van der Waals surface area (Å²) >= 11 is 0. The second-order valence-electron chi connectivity index (χ2n) is 6.00. The van der Waals surface area contributed by atoms with Crippen molar-refractivity contribution < 1.29 is 9.53 Å². The van der Waals surface area contributed by atoms with Gasteiger partial charge in [0.05, 0.1) is 7.11 Å². The van der Waals surface area contributed by atoms with E-state index in [0.717, 1.165) is 31.6 Å². The van der Waals surface area contributed by atoms with Crippen LogP contribution in [0.15, 0.2) is 24.3 Å². The molecule has 20 heavy (non-hydrogen) atoms. The van der Waals surface area contributed by atoms with Crippen molar-refractivity contribution in [2.75, 3.05) is 20.7 Å². The molecule has 1 amide bonds. The Morgan fingerprint density at radius 3 is 2.85 bits per heavy atom. The van der Waals surface area contributed by atoms with Gasteiger partial charge in [0.1, 0.15) is 5.75 Å². The van der Waals surface area contributed by atoms with E-state index in [0.29, 0.717) is 0 Å². The van der Waals surface area contributed by atoms with Crippen LogP contribution < -0.4 is 4.74 Å². The summed E-state index contributed by atoms with van der Waals surface area (Å²) in [7, 11) is 3.62. The summed E-state index contributed by atoms with van der Waals surface area (Å²) < 4.78 is 5.35. The minimum atomic E-state index is 0.0453. The average molecular weight is 275 g/mol. The number of hydrogen-bond donors (Lipinski definition) is 0. The van der Waals surface area contributed by atoms with Gasteiger partial charge in [-0.1, -0.05) is 26.0 Å². The van der Waals surface area contributed by atoms with Gasteiger partial charge in [-0.15, -0.1) is 0 Å². The van der Waals surface area contributed by atoms with Gasteiger partial charge >= 0.3 is 0 Å². The van der Waals surface area contributed by atoms with Gasteiger partial charge in [-0.3, -0.25) is 4.79 Å². The van der Waals surface area contributed by atoms with Gasteiger partial charge < -0.3 is 9.64 Å². The molecule has 2 rings (SSSR count). The van der Waals surface area contributed by atoms with Crippen LogP contribution in [0.5, 0.6) is 5.75 Å². The highest BCUT2D eigenvalue weighted by atomic mass is 16.5. The zero-order chi connectivity index (χ0) is 14.8. The molecule has 1 heterocycles. The predicted octanol–water partition coefficient (Wildman–Crippen LogP) is 3.23. The molecule has 1 aliphatic heterocycles. The van der Waals surface area contributed by atoms with Crippen molar-refractivity contribution in [3.63, 3.8) is 0 Å². The van der Waals surface area contributed by atoms with Gasteiger partial charge in [-0.2, -0.15) is 0 Å². The first-order chi connectivity index (χ1) is 9.52. The number of carbonyl (C=O) groups is 1. The van der Waals surface area contributed by atoms with Crippen LogP contribution in [0, 0.1) is 5.92 Å². The van der Waals surface area contributed by atoms with Crippen LogP contribution in [0.2, 0.25) is 0 Å². The van der Waals surface area contributed by atoms with Gasteiger partial charge in [0, 0.05) is 24.9 Å². The first kappa shape index (κ1) is 14.9. The topological polar surface area (TPSA) is 29.5 Å². The normalized spacial score (nSPS) is 27.3. The number of methoxy groups -OCH3 is 1. The Balaban J connectivity index is 2.39. The molecule has 0 saturated carbocycles. The zero-order valence-corrected chi connectivity index (χ0v) is 13.0. The van der Waals surface area contributed by atoms with Crippen LogP contribution in [0.1, 0.15) is 38.7 Å². The number of carbonyl (C=O) groups excluding carboxylic acids is 1. The highest BCUT2D eigenvalue weighted by molar-refractivity contribution is 5.78. The van der Waals surface area contributed by atoms with Gasteiger partial charge in [-0.25, -0.2) is 0 Å². The fourth-order valence-electron chi connectivity index (χ4n) is 3.28. The van der Waals surface area contributed by atoms with Gasteiger partial charge in [-0.05, 0) is 37.0 Å². The first-order valence-corrected chi connectivity index (χ1v) is 7.42. The Hall–Kier alpha value is -1.51. The SMILES string of the molecule is CCC1(c2cccc(OC)c2)CCC(C)C(=O)N(C)C1. The summed E-state index contributed by atoms with van der Waals surface area (Å²) in [4.78, 5) is 14.1. The van der Waals surface area contributed by atoms with Crippen molar-refractivity contribution in [1.29, 1.82) is 0 Å². The van der Waals surface area contributed by atoms with E-state index >= 15 is 0 Å². The number of benzene rings is 1. The maximum atomic E-state index is 12.2. The largest absolute Gasteiger partial charge is 0.497 e. The van der Waals surface area contributed by atoms with E-state index in [9.17, 15) is 4.79 Å². The molecule has 1 fully saturated rings. The molecule has 0 spiro atoms. The molecule has 1 aromatic carbocycles. The van der Waals surface area contributed by atoms with E-state index < -0.39 is 0 Å². The Morgan fingerprint density at radius 1 is 1.45 bits per heavy atom. The lowest BCUT2D eigenvalue weighted by Crippen LogP contribution is -2.39. The molecule has 1 aliphatic rings. The first-order valence-electron chi connectivity index (χ1n) is 7.42. The lowest BCUT2D eigenvalue weighted by molar-refractivity contribution is -0.133. The summed E-state index contributed by atoms with van der Waals surface area (Å²) in [6.07, 6.45) is 3.03. The number of rotatable bonds is 3. The molecule has 2 atom stereocenters. The molecule has 0 aromatic heterocycles. The number of hydrogen-bond acceptors (Lipinski definition) is 2. The molecule has 3 heteroatoms. The smallest absolute Gasteiger partial charge is 0.225 e. The zero-order valence-electron chi connectivity index (χ0n) is 13.0. The maximum absolute atomic E-state index is 12.2. The van der Waals surface area contributed by atoms with E-state index in [-0.39, 0.29) is 17.2 Å². The number of amides is 1. The molecule has 1 aromatic rings. The molecule has 2 unspecified atom stereocenters. The van der Waals surface area contributed by atoms with Crippen LogP contribution in [-0.4, -0.2) is 31.5 Å².